The molecular weight excluding hydrogens is 338 g/mol. The van der Waals surface area contributed by atoms with Crippen molar-refractivity contribution in [3.63, 3.8) is 0 Å². The van der Waals surface area contributed by atoms with Gasteiger partial charge in [0.2, 0.25) is 5.91 Å². The first-order valence-electron chi connectivity index (χ1n) is 8.30. The summed E-state index contributed by atoms with van der Waals surface area (Å²) in [6, 6.07) is 7.94. The minimum Gasteiger partial charge on any atom is -0.459 e. The smallest absolute Gasteiger partial charge is 0.246 e. The molecule has 0 fully saturated rings. The zero-order chi connectivity index (χ0) is 16.9. The lowest BCUT2D eigenvalue weighted by Gasteiger charge is -2.14. The van der Waals surface area contributed by atoms with Crippen LogP contribution >= 0.6 is 12.4 Å². The average Bonchev–Trinajstić information content (AvgIpc) is 2.78. The molecule has 0 saturated heterocycles. The van der Waals surface area contributed by atoms with Gasteiger partial charge in [0.25, 0.3) is 0 Å². The van der Waals surface area contributed by atoms with Crippen LogP contribution in [0.15, 0.2) is 53.0 Å². The Balaban J connectivity index is 0.00000225. The van der Waals surface area contributed by atoms with Gasteiger partial charge >= 0.3 is 0 Å². The number of aryl methyl sites for hydroxylation is 1. The van der Waals surface area contributed by atoms with E-state index in [9.17, 15) is 4.79 Å². The normalized spacial score (nSPS) is 17.4. The van der Waals surface area contributed by atoms with Gasteiger partial charge in [-0.05, 0) is 25.5 Å². The molecule has 0 bridgehead atoms. The lowest BCUT2D eigenvalue weighted by Crippen LogP contribution is -2.24. The fourth-order valence-corrected chi connectivity index (χ4v) is 2.82. The fourth-order valence-electron chi connectivity index (χ4n) is 2.82. The number of ether oxygens (including phenoxy) is 1. The third-order valence-corrected chi connectivity index (χ3v) is 4.31. The number of nitrogens with zero attached hydrogens (tertiary/aromatic N) is 1. The summed E-state index contributed by atoms with van der Waals surface area (Å²) in [6.07, 6.45) is 8.67. The standard InChI is InChI=1S/C20H23NO3.ClH/c1-15-17-8-3-4-9-18(17)24-19(15)13-21(2)20(22)11-10-16-7-5-6-12-23-14-16;/h3-5,7-11,16H,6,12-14H2,1-2H3;1H. The van der Waals surface area contributed by atoms with E-state index in [4.69, 9.17) is 9.15 Å². The van der Waals surface area contributed by atoms with E-state index in [1.807, 2.05) is 37.3 Å². The zero-order valence-electron chi connectivity index (χ0n) is 14.6. The summed E-state index contributed by atoms with van der Waals surface area (Å²) in [4.78, 5) is 14.0. The van der Waals surface area contributed by atoms with Crippen molar-refractivity contribution in [1.29, 1.82) is 0 Å². The van der Waals surface area contributed by atoms with E-state index >= 15 is 0 Å². The predicted octanol–water partition coefficient (Wildman–Crippen LogP) is 4.27. The summed E-state index contributed by atoms with van der Waals surface area (Å²) in [7, 11) is 1.79. The number of hydrogen-bond acceptors (Lipinski definition) is 3. The number of amides is 1. The van der Waals surface area contributed by atoms with Gasteiger partial charge in [-0.2, -0.15) is 0 Å². The van der Waals surface area contributed by atoms with Crippen molar-refractivity contribution < 1.29 is 13.9 Å². The molecule has 5 heteroatoms. The lowest BCUT2D eigenvalue weighted by molar-refractivity contribution is -0.125. The Morgan fingerprint density at radius 1 is 1.36 bits per heavy atom. The molecule has 1 aliphatic rings. The van der Waals surface area contributed by atoms with Crippen molar-refractivity contribution in [1.82, 2.24) is 4.90 Å². The minimum atomic E-state index is -0.0347. The Labute approximate surface area is 154 Å². The Bertz CT molecular complexity index is 778. The molecule has 2 heterocycles. The van der Waals surface area contributed by atoms with Crippen LogP contribution in [0.1, 0.15) is 17.7 Å². The topological polar surface area (TPSA) is 42.7 Å². The molecule has 1 amide bonds. The Morgan fingerprint density at radius 3 is 2.96 bits per heavy atom. The predicted molar refractivity (Wildman–Crippen MR) is 102 cm³/mol. The molecule has 1 aromatic carbocycles. The van der Waals surface area contributed by atoms with Gasteiger partial charge in [-0.15, -0.1) is 12.4 Å². The quantitative estimate of drug-likeness (QED) is 0.603. The Morgan fingerprint density at radius 2 is 2.16 bits per heavy atom. The number of rotatable bonds is 4. The number of likely N-dealkylation sites (N-methyl/N-ethyl adjacent to an activating group) is 1. The van der Waals surface area contributed by atoms with E-state index in [-0.39, 0.29) is 24.2 Å². The molecule has 3 rings (SSSR count). The largest absolute Gasteiger partial charge is 0.459 e. The molecule has 4 nitrogen and oxygen atoms in total. The highest BCUT2D eigenvalue weighted by atomic mass is 35.5. The molecule has 1 aliphatic heterocycles. The maximum absolute atomic E-state index is 12.3. The van der Waals surface area contributed by atoms with Crippen molar-refractivity contribution in [3.05, 3.63) is 59.9 Å². The van der Waals surface area contributed by atoms with Gasteiger partial charge in [-0.3, -0.25) is 4.79 Å². The monoisotopic (exact) mass is 361 g/mol. The van der Waals surface area contributed by atoms with E-state index in [2.05, 4.69) is 12.2 Å². The number of furan rings is 1. The van der Waals surface area contributed by atoms with E-state index in [1.54, 1.807) is 18.0 Å². The Hall–Kier alpha value is -2.04. The van der Waals surface area contributed by atoms with Crippen LogP contribution in [0, 0.1) is 12.8 Å². The second kappa shape index (κ2) is 8.88. The van der Waals surface area contributed by atoms with E-state index in [0.717, 1.165) is 35.3 Å². The molecule has 134 valence electrons. The molecule has 0 saturated carbocycles. The van der Waals surface area contributed by atoms with E-state index in [1.165, 1.54) is 0 Å². The SMILES string of the molecule is Cc1c(CN(C)C(=O)C=CC2C=CCCOC2)oc2ccccc12.Cl. The van der Waals surface area contributed by atoms with Crippen LogP contribution in [0.4, 0.5) is 0 Å². The fraction of sp³-hybridized carbons (Fsp3) is 0.350. The third-order valence-electron chi connectivity index (χ3n) is 4.31. The molecule has 1 atom stereocenters. The number of benzene rings is 1. The first-order valence-corrected chi connectivity index (χ1v) is 8.30. The number of halogens is 1. The van der Waals surface area contributed by atoms with Crippen molar-refractivity contribution in [2.75, 3.05) is 20.3 Å². The van der Waals surface area contributed by atoms with Crippen molar-refractivity contribution in [2.45, 2.75) is 19.9 Å². The number of carbonyl (C=O) groups is 1. The van der Waals surface area contributed by atoms with Gasteiger partial charge in [0, 0.05) is 23.9 Å². The van der Waals surface area contributed by atoms with Gasteiger partial charge < -0.3 is 14.1 Å². The maximum atomic E-state index is 12.3. The molecule has 2 aromatic rings. The summed E-state index contributed by atoms with van der Waals surface area (Å²) in [6.45, 7) is 3.87. The van der Waals surface area contributed by atoms with Crippen LogP contribution in [-0.2, 0) is 16.1 Å². The van der Waals surface area contributed by atoms with Gasteiger partial charge in [0.05, 0.1) is 19.8 Å². The molecule has 1 aromatic heterocycles. The summed E-state index contributed by atoms with van der Waals surface area (Å²) in [5.41, 5.74) is 1.96. The second-order valence-corrected chi connectivity index (χ2v) is 6.16. The number of carbonyl (C=O) groups excluding carboxylic acids is 1. The number of hydrogen-bond donors (Lipinski definition) is 0. The molecule has 1 unspecified atom stereocenters. The first kappa shape index (κ1) is 19.3. The molecular formula is C20H24ClNO3. The average molecular weight is 362 g/mol. The Kier molecular flexibility index (Phi) is 6.85. The summed E-state index contributed by atoms with van der Waals surface area (Å²) < 4.78 is 11.4. The molecule has 0 aliphatic carbocycles. The number of fused-ring (bicyclic) bond motifs is 1. The summed E-state index contributed by atoms with van der Waals surface area (Å²) >= 11 is 0. The lowest BCUT2D eigenvalue weighted by atomic mass is 10.1. The van der Waals surface area contributed by atoms with Crippen LogP contribution < -0.4 is 0 Å². The van der Waals surface area contributed by atoms with Crippen LogP contribution in [0.25, 0.3) is 11.0 Å². The molecule has 25 heavy (non-hydrogen) atoms. The maximum Gasteiger partial charge on any atom is 0.246 e. The van der Waals surface area contributed by atoms with Crippen molar-refractivity contribution in [2.24, 2.45) is 5.92 Å². The van der Waals surface area contributed by atoms with Gasteiger partial charge in [0.15, 0.2) is 0 Å². The van der Waals surface area contributed by atoms with Gasteiger partial charge in [-0.1, -0.05) is 36.4 Å². The zero-order valence-corrected chi connectivity index (χ0v) is 15.4. The van der Waals surface area contributed by atoms with Gasteiger partial charge in [-0.25, -0.2) is 0 Å². The molecule has 0 N–H and O–H groups in total. The highest BCUT2D eigenvalue weighted by Gasteiger charge is 2.14. The number of para-hydroxylation sites is 1. The molecule has 0 radical (unpaired) electrons. The van der Waals surface area contributed by atoms with E-state index < -0.39 is 0 Å². The van der Waals surface area contributed by atoms with Crippen LogP contribution in [0.3, 0.4) is 0 Å². The highest BCUT2D eigenvalue weighted by molar-refractivity contribution is 5.87. The van der Waals surface area contributed by atoms with Crippen LogP contribution in [0.5, 0.6) is 0 Å². The summed E-state index contributed by atoms with van der Waals surface area (Å²) in [5, 5.41) is 1.10. The van der Waals surface area contributed by atoms with Crippen molar-refractivity contribution >= 4 is 29.3 Å². The highest BCUT2D eigenvalue weighted by Crippen LogP contribution is 2.25. The van der Waals surface area contributed by atoms with Gasteiger partial charge in [0.1, 0.15) is 11.3 Å². The minimum absolute atomic E-state index is 0. The first-order chi connectivity index (χ1) is 11.6. The molecule has 0 spiro atoms. The third kappa shape index (κ3) is 4.74. The van der Waals surface area contributed by atoms with Crippen molar-refractivity contribution in [3.8, 4) is 0 Å². The van der Waals surface area contributed by atoms with E-state index in [0.29, 0.717) is 13.2 Å². The van der Waals surface area contributed by atoms with Crippen LogP contribution in [-0.4, -0.2) is 31.1 Å². The second-order valence-electron chi connectivity index (χ2n) is 6.16. The van der Waals surface area contributed by atoms with Crippen LogP contribution in [0.2, 0.25) is 0 Å². The summed E-state index contributed by atoms with van der Waals surface area (Å²) in [5.74, 6) is 0.962.